The van der Waals surface area contributed by atoms with Crippen molar-refractivity contribution in [3.8, 4) is 10.4 Å². The first-order chi connectivity index (χ1) is 14.1. The molecule has 0 spiro atoms. The number of hydrogen-bond donors (Lipinski definition) is 2. The van der Waals surface area contributed by atoms with Gasteiger partial charge in [0.2, 0.25) is 0 Å². The number of rotatable bonds is 6. The van der Waals surface area contributed by atoms with Crippen LogP contribution in [0, 0.1) is 5.82 Å². The number of aliphatic hydroxyl groups is 1. The first kappa shape index (κ1) is 20.8. The molecule has 0 aliphatic carbocycles. The molecule has 4 rings (SSSR count). The standard InChI is InChI=1S/C22H22F3N3OS/c1-21(2,29)14-6-7-16(17(23)10-14)18-8-9-20(30-18)27-19-5-3-4-15(26-19)11-28-12-22(24,25)13-28/h3-10,29H,11-13H2,1-2H3,(H,26,27). The highest BCUT2D eigenvalue weighted by Crippen LogP contribution is 2.35. The van der Waals surface area contributed by atoms with Crippen molar-refractivity contribution in [3.05, 3.63) is 65.6 Å². The number of nitrogens with zero attached hydrogens (tertiary/aromatic N) is 2. The highest BCUT2D eigenvalue weighted by Gasteiger charge is 2.43. The molecule has 0 radical (unpaired) electrons. The molecule has 158 valence electrons. The number of benzene rings is 1. The lowest BCUT2D eigenvalue weighted by atomic mass is 9.97. The Bertz CT molecular complexity index is 1050. The van der Waals surface area contributed by atoms with E-state index in [9.17, 15) is 18.3 Å². The fourth-order valence-electron chi connectivity index (χ4n) is 3.36. The van der Waals surface area contributed by atoms with Gasteiger partial charge in [-0.1, -0.05) is 18.2 Å². The summed E-state index contributed by atoms with van der Waals surface area (Å²) >= 11 is 1.38. The lowest BCUT2D eigenvalue weighted by Gasteiger charge is -2.38. The van der Waals surface area contributed by atoms with Gasteiger partial charge in [0.15, 0.2) is 0 Å². The predicted molar refractivity (Wildman–Crippen MR) is 113 cm³/mol. The Hall–Kier alpha value is -2.42. The Balaban J connectivity index is 1.46. The lowest BCUT2D eigenvalue weighted by Crippen LogP contribution is -2.55. The van der Waals surface area contributed by atoms with Gasteiger partial charge in [0, 0.05) is 17.0 Å². The fourth-order valence-corrected chi connectivity index (χ4v) is 4.30. The van der Waals surface area contributed by atoms with Crippen molar-refractivity contribution in [2.24, 2.45) is 0 Å². The largest absolute Gasteiger partial charge is 0.386 e. The summed E-state index contributed by atoms with van der Waals surface area (Å²) in [4.78, 5) is 6.88. The molecule has 0 amide bonds. The summed E-state index contributed by atoms with van der Waals surface area (Å²) in [5, 5.41) is 14.0. The smallest absolute Gasteiger partial charge is 0.272 e. The monoisotopic (exact) mass is 433 g/mol. The lowest BCUT2D eigenvalue weighted by molar-refractivity contribution is -0.134. The Kier molecular flexibility index (Phi) is 5.34. The van der Waals surface area contributed by atoms with Gasteiger partial charge in [-0.15, -0.1) is 11.3 Å². The SMILES string of the molecule is CC(C)(O)c1ccc(-c2ccc(Nc3cccc(CN4CC(F)(F)C4)n3)s2)c(F)c1. The van der Waals surface area contributed by atoms with Crippen molar-refractivity contribution in [1.29, 1.82) is 0 Å². The molecule has 1 aromatic carbocycles. The third-order valence-corrected chi connectivity index (χ3v) is 5.93. The molecule has 1 fully saturated rings. The molecule has 1 aliphatic heterocycles. The van der Waals surface area contributed by atoms with Gasteiger partial charge in [0.25, 0.3) is 5.92 Å². The summed E-state index contributed by atoms with van der Waals surface area (Å²) in [6.45, 7) is 3.13. The van der Waals surface area contributed by atoms with E-state index in [-0.39, 0.29) is 13.1 Å². The topological polar surface area (TPSA) is 48.4 Å². The van der Waals surface area contributed by atoms with Crippen LogP contribution in [0.3, 0.4) is 0 Å². The molecule has 3 heterocycles. The van der Waals surface area contributed by atoms with E-state index in [2.05, 4.69) is 10.3 Å². The Morgan fingerprint density at radius 3 is 2.60 bits per heavy atom. The number of thiophene rings is 1. The van der Waals surface area contributed by atoms with Crippen LogP contribution in [0.1, 0.15) is 25.1 Å². The highest BCUT2D eigenvalue weighted by molar-refractivity contribution is 7.19. The molecule has 0 unspecified atom stereocenters. The summed E-state index contributed by atoms with van der Waals surface area (Å²) in [5.74, 6) is -2.38. The number of likely N-dealkylation sites (tertiary alicyclic amines) is 1. The van der Waals surface area contributed by atoms with Crippen molar-refractivity contribution < 1.29 is 18.3 Å². The maximum Gasteiger partial charge on any atom is 0.272 e. The number of aromatic nitrogens is 1. The zero-order valence-electron chi connectivity index (χ0n) is 16.6. The zero-order chi connectivity index (χ0) is 21.5. The number of halogens is 3. The second kappa shape index (κ2) is 7.68. The number of anilines is 2. The molecule has 0 atom stereocenters. The van der Waals surface area contributed by atoms with E-state index in [1.54, 1.807) is 43.0 Å². The van der Waals surface area contributed by atoms with Crippen molar-refractivity contribution in [2.45, 2.75) is 31.9 Å². The summed E-state index contributed by atoms with van der Waals surface area (Å²) in [6.07, 6.45) is 0. The Morgan fingerprint density at radius 2 is 1.93 bits per heavy atom. The molecule has 8 heteroatoms. The summed E-state index contributed by atoms with van der Waals surface area (Å²) in [5.41, 5.74) is 0.575. The fraction of sp³-hybridized carbons (Fsp3) is 0.318. The van der Waals surface area contributed by atoms with Gasteiger partial charge in [-0.25, -0.2) is 18.2 Å². The first-order valence-electron chi connectivity index (χ1n) is 9.55. The molecule has 30 heavy (non-hydrogen) atoms. The van der Waals surface area contributed by atoms with Gasteiger partial charge in [-0.3, -0.25) is 4.90 Å². The minimum absolute atomic E-state index is 0.238. The summed E-state index contributed by atoms with van der Waals surface area (Å²) in [6, 6.07) is 13.8. The van der Waals surface area contributed by atoms with Crippen molar-refractivity contribution >= 4 is 22.2 Å². The quantitative estimate of drug-likeness (QED) is 0.549. The minimum atomic E-state index is -2.59. The summed E-state index contributed by atoms with van der Waals surface area (Å²) in [7, 11) is 0. The van der Waals surface area contributed by atoms with E-state index in [1.807, 2.05) is 18.2 Å². The van der Waals surface area contributed by atoms with E-state index in [0.717, 1.165) is 9.88 Å². The Labute approximate surface area is 177 Å². The van der Waals surface area contributed by atoms with Crippen LogP contribution in [-0.2, 0) is 12.1 Å². The second-order valence-corrected chi connectivity index (χ2v) is 9.14. The van der Waals surface area contributed by atoms with Gasteiger partial charge in [0.1, 0.15) is 11.6 Å². The second-order valence-electron chi connectivity index (χ2n) is 8.06. The van der Waals surface area contributed by atoms with Crippen LogP contribution in [0.25, 0.3) is 10.4 Å². The molecule has 0 bridgehead atoms. The summed E-state index contributed by atoms with van der Waals surface area (Å²) < 4.78 is 40.6. The normalized spacial score (nSPS) is 16.3. The molecular formula is C22H22F3N3OS. The van der Waals surface area contributed by atoms with Gasteiger partial charge < -0.3 is 10.4 Å². The maximum atomic E-state index is 14.6. The molecule has 3 aromatic rings. The molecule has 1 saturated heterocycles. The number of alkyl halides is 2. The van der Waals surface area contributed by atoms with Crippen molar-refractivity contribution in [1.82, 2.24) is 9.88 Å². The van der Waals surface area contributed by atoms with E-state index in [1.165, 1.54) is 17.4 Å². The van der Waals surface area contributed by atoms with Gasteiger partial charge in [-0.2, -0.15) is 0 Å². The van der Waals surface area contributed by atoms with Crippen LogP contribution in [0.15, 0.2) is 48.5 Å². The van der Waals surface area contributed by atoms with E-state index in [4.69, 9.17) is 0 Å². The number of hydrogen-bond acceptors (Lipinski definition) is 5. The highest BCUT2D eigenvalue weighted by atomic mass is 32.1. The number of nitrogens with one attached hydrogen (secondary N) is 1. The average molecular weight is 433 g/mol. The Morgan fingerprint density at radius 1 is 1.17 bits per heavy atom. The molecular weight excluding hydrogens is 411 g/mol. The van der Waals surface area contributed by atoms with Crippen LogP contribution in [0.2, 0.25) is 0 Å². The van der Waals surface area contributed by atoms with Crippen LogP contribution >= 0.6 is 11.3 Å². The van der Waals surface area contributed by atoms with Crippen LogP contribution in [-0.4, -0.2) is 34.0 Å². The zero-order valence-corrected chi connectivity index (χ0v) is 17.4. The van der Waals surface area contributed by atoms with Crippen molar-refractivity contribution in [3.63, 3.8) is 0 Å². The molecule has 4 nitrogen and oxygen atoms in total. The average Bonchev–Trinajstić information content (AvgIpc) is 3.08. The maximum absolute atomic E-state index is 14.6. The molecule has 1 aliphatic rings. The van der Waals surface area contributed by atoms with Gasteiger partial charge in [0.05, 0.1) is 29.4 Å². The van der Waals surface area contributed by atoms with Gasteiger partial charge in [-0.05, 0) is 49.7 Å². The predicted octanol–water partition coefficient (Wildman–Crippen LogP) is 5.37. The molecule has 2 aromatic heterocycles. The van der Waals surface area contributed by atoms with E-state index < -0.39 is 17.3 Å². The van der Waals surface area contributed by atoms with Gasteiger partial charge >= 0.3 is 0 Å². The number of pyridine rings is 1. The van der Waals surface area contributed by atoms with E-state index >= 15 is 0 Å². The molecule has 2 N–H and O–H groups in total. The first-order valence-corrected chi connectivity index (χ1v) is 10.4. The van der Waals surface area contributed by atoms with E-state index in [0.29, 0.717) is 29.2 Å². The minimum Gasteiger partial charge on any atom is -0.386 e. The third kappa shape index (κ3) is 4.66. The third-order valence-electron chi connectivity index (χ3n) is 4.90. The molecule has 0 saturated carbocycles. The van der Waals surface area contributed by atoms with Crippen LogP contribution < -0.4 is 5.32 Å². The van der Waals surface area contributed by atoms with Crippen molar-refractivity contribution in [2.75, 3.05) is 18.4 Å². The van der Waals surface area contributed by atoms with Crippen LogP contribution in [0.5, 0.6) is 0 Å². The van der Waals surface area contributed by atoms with Crippen LogP contribution in [0.4, 0.5) is 24.0 Å².